The van der Waals surface area contributed by atoms with Gasteiger partial charge < -0.3 is 15.2 Å². The predicted molar refractivity (Wildman–Crippen MR) is 63.5 cm³/mol. The van der Waals surface area contributed by atoms with E-state index in [0.29, 0.717) is 12.6 Å². The van der Waals surface area contributed by atoms with Crippen LogP contribution in [0.15, 0.2) is 0 Å². The summed E-state index contributed by atoms with van der Waals surface area (Å²) in [5, 5.41) is 13.2. The summed E-state index contributed by atoms with van der Waals surface area (Å²) in [5.74, 6) is 0. The lowest BCUT2D eigenvalue weighted by Crippen LogP contribution is -2.47. The van der Waals surface area contributed by atoms with Crippen molar-refractivity contribution in [3.8, 4) is 0 Å². The van der Waals surface area contributed by atoms with Crippen molar-refractivity contribution < 1.29 is 9.84 Å². The molecule has 0 aromatic rings. The minimum absolute atomic E-state index is 0.0794. The number of rotatable bonds is 2. The second-order valence-electron chi connectivity index (χ2n) is 5.75. The predicted octanol–water partition coefficient (Wildman–Crippen LogP) is 0.210. The van der Waals surface area contributed by atoms with Crippen molar-refractivity contribution in [1.82, 2.24) is 10.2 Å². The van der Waals surface area contributed by atoms with Crippen LogP contribution < -0.4 is 5.32 Å². The van der Waals surface area contributed by atoms with Crippen molar-refractivity contribution in [2.75, 3.05) is 32.8 Å². The van der Waals surface area contributed by atoms with Crippen LogP contribution >= 0.6 is 0 Å². The number of hydrogen-bond donors (Lipinski definition) is 2. The van der Waals surface area contributed by atoms with Crippen molar-refractivity contribution in [2.45, 2.75) is 44.4 Å². The second kappa shape index (κ2) is 5.00. The molecule has 0 bridgehead atoms. The Bertz CT molecular complexity index is 227. The van der Waals surface area contributed by atoms with E-state index in [-0.39, 0.29) is 11.6 Å². The molecule has 2 fully saturated rings. The Morgan fingerprint density at radius 3 is 3.00 bits per heavy atom. The molecule has 2 heterocycles. The van der Waals surface area contributed by atoms with Crippen molar-refractivity contribution in [3.63, 3.8) is 0 Å². The molecule has 0 saturated carbocycles. The number of aliphatic hydroxyl groups is 1. The molecule has 0 radical (unpaired) electrons. The van der Waals surface area contributed by atoms with Crippen LogP contribution in [0.3, 0.4) is 0 Å². The summed E-state index contributed by atoms with van der Waals surface area (Å²) in [6.45, 7) is 8.67. The number of nitrogens with zero attached hydrogens (tertiary/aromatic N) is 1. The van der Waals surface area contributed by atoms with E-state index in [2.05, 4.69) is 24.1 Å². The molecular formula is C12H24N2O2. The summed E-state index contributed by atoms with van der Waals surface area (Å²) in [4.78, 5) is 2.33. The van der Waals surface area contributed by atoms with Crippen LogP contribution in [0.5, 0.6) is 0 Å². The van der Waals surface area contributed by atoms with E-state index >= 15 is 0 Å². The van der Waals surface area contributed by atoms with Gasteiger partial charge in [0.05, 0.1) is 12.2 Å². The number of aliphatic hydroxyl groups excluding tert-OH is 1. The van der Waals surface area contributed by atoms with E-state index in [1.807, 2.05) is 0 Å². The van der Waals surface area contributed by atoms with Crippen LogP contribution in [-0.2, 0) is 4.74 Å². The van der Waals surface area contributed by atoms with E-state index in [1.165, 1.54) is 12.8 Å². The van der Waals surface area contributed by atoms with Crippen molar-refractivity contribution in [3.05, 3.63) is 0 Å². The average Bonchev–Trinajstić information content (AvgIpc) is 2.62. The first-order chi connectivity index (χ1) is 7.55. The molecule has 16 heavy (non-hydrogen) atoms. The fraction of sp³-hybridized carbons (Fsp3) is 1.00. The molecule has 0 aliphatic carbocycles. The molecule has 2 atom stereocenters. The first-order valence-corrected chi connectivity index (χ1v) is 6.32. The van der Waals surface area contributed by atoms with Gasteiger partial charge >= 0.3 is 0 Å². The maximum Gasteiger partial charge on any atom is 0.0791 e. The van der Waals surface area contributed by atoms with Crippen LogP contribution in [0, 0.1) is 0 Å². The zero-order valence-electron chi connectivity index (χ0n) is 10.4. The van der Waals surface area contributed by atoms with Crippen molar-refractivity contribution in [1.29, 1.82) is 0 Å². The SMILES string of the molecule is CC1(C)CN(CC2CCCO2)CC(O)CN1. The smallest absolute Gasteiger partial charge is 0.0791 e. The molecule has 4 nitrogen and oxygen atoms in total. The molecule has 0 amide bonds. The Morgan fingerprint density at radius 1 is 1.50 bits per heavy atom. The van der Waals surface area contributed by atoms with Gasteiger partial charge in [-0.05, 0) is 26.7 Å². The summed E-state index contributed by atoms with van der Waals surface area (Å²) in [6, 6.07) is 0. The molecule has 0 aromatic carbocycles. The molecule has 0 spiro atoms. The van der Waals surface area contributed by atoms with E-state index in [9.17, 15) is 5.11 Å². The molecular weight excluding hydrogens is 204 g/mol. The van der Waals surface area contributed by atoms with E-state index in [4.69, 9.17) is 4.74 Å². The average molecular weight is 228 g/mol. The second-order valence-corrected chi connectivity index (χ2v) is 5.75. The van der Waals surface area contributed by atoms with E-state index in [1.54, 1.807) is 0 Å². The van der Waals surface area contributed by atoms with E-state index in [0.717, 1.165) is 26.2 Å². The Balaban J connectivity index is 1.90. The Kier molecular flexibility index (Phi) is 3.85. The molecule has 4 heteroatoms. The van der Waals surface area contributed by atoms with Gasteiger partial charge in [0.15, 0.2) is 0 Å². The van der Waals surface area contributed by atoms with Gasteiger partial charge in [-0.1, -0.05) is 0 Å². The standard InChI is InChI=1S/C12H24N2O2/c1-12(2)9-14(7-10(15)6-13-12)8-11-4-3-5-16-11/h10-11,13,15H,3-9H2,1-2H3. The molecule has 94 valence electrons. The third-order valence-corrected chi connectivity index (χ3v) is 3.39. The zero-order chi connectivity index (χ0) is 11.6. The lowest BCUT2D eigenvalue weighted by molar-refractivity contribution is 0.0540. The van der Waals surface area contributed by atoms with Gasteiger partial charge in [0.25, 0.3) is 0 Å². The number of nitrogens with one attached hydrogen (secondary N) is 1. The van der Waals surface area contributed by atoms with Crippen LogP contribution in [0.25, 0.3) is 0 Å². The Labute approximate surface area is 98.0 Å². The van der Waals surface area contributed by atoms with Gasteiger partial charge in [0, 0.05) is 38.3 Å². The lowest BCUT2D eigenvalue weighted by atomic mass is 10.1. The molecule has 2 aliphatic heterocycles. The Morgan fingerprint density at radius 2 is 2.31 bits per heavy atom. The number of β-amino-alcohol motifs (C(OH)–C–C–N with tert-alkyl or cyclic N) is 1. The van der Waals surface area contributed by atoms with Gasteiger partial charge in [0.2, 0.25) is 0 Å². The van der Waals surface area contributed by atoms with Gasteiger partial charge in [0.1, 0.15) is 0 Å². The van der Waals surface area contributed by atoms with Gasteiger partial charge in [-0.25, -0.2) is 0 Å². The van der Waals surface area contributed by atoms with Crippen LogP contribution in [0.2, 0.25) is 0 Å². The largest absolute Gasteiger partial charge is 0.390 e. The normalized spacial score (nSPS) is 36.2. The number of ether oxygens (including phenoxy) is 1. The first-order valence-electron chi connectivity index (χ1n) is 6.32. The monoisotopic (exact) mass is 228 g/mol. The molecule has 2 N–H and O–H groups in total. The van der Waals surface area contributed by atoms with Crippen LogP contribution in [0.4, 0.5) is 0 Å². The summed E-state index contributed by atoms with van der Waals surface area (Å²) < 4.78 is 5.66. The number of hydrogen-bond acceptors (Lipinski definition) is 4. The molecule has 2 unspecified atom stereocenters. The maximum absolute atomic E-state index is 9.82. The molecule has 2 aliphatic rings. The Hall–Kier alpha value is -0.160. The molecule has 2 rings (SSSR count). The quantitative estimate of drug-likeness (QED) is 0.709. The van der Waals surface area contributed by atoms with Gasteiger partial charge in [-0.2, -0.15) is 0 Å². The highest BCUT2D eigenvalue weighted by atomic mass is 16.5. The van der Waals surface area contributed by atoms with Gasteiger partial charge in [-0.3, -0.25) is 4.90 Å². The fourth-order valence-electron chi connectivity index (χ4n) is 2.65. The van der Waals surface area contributed by atoms with Crippen molar-refractivity contribution >= 4 is 0 Å². The topological polar surface area (TPSA) is 44.7 Å². The maximum atomic E-state index is 9.82. The summed E-state index contributed by atoms with van der Waals surface area (Å²) in [6.07, 6.45) is 2.47. The van der Waals surface area contributed by atoms with Crippen LogP contribution in [-0.4, -0.2) is 60.5 Å². The highest BCUT2D eigenvalue weighted by Gasteiger charge is 2.29. The third-order valence-electron chi connectivity index (χ3n) is 3.39. The highest BCUT2D eigenvalue weighted by Crippen LogP contribution is 2.17. The third kappa shape index (κ3) is 3.42. The fourth-order valence-corrected chi connectivity index (χ4v) is 2.65. The molecule has 0 aromatic heterocycles. The minimum Gasteiger partial charge on any atom is -0.390 e. The molecule has 2 saturated heterocycles. The minimum atomic E-state index is -0.261. The highest BCUT2D eigenvalue weighted by molar-refractivity contribution is 4.88. The first kappa shape index (κ1) is 12.3. The van der Waals surface area contributed by atoms with Crippen molar-refractivity contribution in [2.24, 2.45) is 0 Å². The van der Waals surface area contributed by atoms with Crippen LogP contribution in [0.1, 0.15) is 26.7 Å². The van der Waals surface area contributed by atoms with E-state index < -0.39 is 0 Å². The summed E-state index contributed by atoms with van der Waals surface area (Å²) >= 11 is 0. The summed E-state index contributed by atoms with van der Waals surface area (Å²) in [5.41, 5.74) is 0.0794. The summed E-state index contributed by atoms with van der Waals surface area (Å²) in [7, 11) is 0. The lowest BCUT2D eigenvalue weighted by Gasteiger charge is -2.31. The zero-order valence-corrected chi connectivity index (χ0v) is 10.4. The van der Waals surface area contributed by atoms with Gasteiger partial charge in [-0.15, -0.1) is 0 Å².